The number of hydrogen-bond acceptors (Lipinski definition) is 5. The van der Waals surface area contributed by atoms with Gasteiger partial charge >= 0.3 is 0 Å². The zero-order valence-electron chi connectivity index (χ0n) is 10.7. The first kappa shape index (κ1) is 14.1. The van der Waals surface area contributed by atoms with Crippen LogP contribution in [0, 0.1) is 0 Å². The van der Waals surface area contributed by atoms with Gasteiger partial charge in [-0.1, -0.05) is 0 Å². The first-order valence-corrected chi connectivity index (χ1v) is 6.54. The molecule has 0 atom stereocenters. The minimum atomic E-state index is -0.726. The molecule has 1 saturated heterocycles. The monoisotopic (exact) mass is 292 g/mol. The van der Waals surface area contributed by atoms with Crippen LogP contribution in [-0.2, 0) is 9.59 Å². The number of hydrogen-bond donors (Lipinski definition) is 1. The van der Waals surface area contributed by atoms with E-state index < -0.39 is 23.6 Å². The summed E-state index contributed by atoms with van der Waals surface area (Å²) in [6.07, 6.45) is 4.86. The summed E-state index contributed by atoms with van der Waals surface area (Å²) in [5.41, 5.74) is 5.75. The lowest BCUT2D eigenvalue weighted by atomic mass is 10.2. The number of imide groups is 1. The van der Waals surface area contributed by atoms with Crippen molar-refractivity contribution >= 4 is 34.9 Å². The Kier molecular flexibility index (Phi) is 4.09. The van der Waals surface area contributed by atoms with Gasteiger partial charge in [-0.2, -0.15) is 0 Å². The number of furan rings is 1. The number of rotatable bonds is 4. The fraction of sp³-hybridized carbons (Fsp3) is 0.154. The number of carbonyl (C=O) groups excluding carboxylic acids is 3. The number of nitrogens with zero attached hydrogens (tertiary/aromatic N) is 1. The highest BCUT2D eigenvalue weighted by molar-refractivity contribution is 8.18. The first-order chi connectivity index (χ1) is 9.47. The second-order valence-corrected chi connectivity index (χ2v) is 5.13. The highest BCUT2D eigenvalue weighted by atomic mass is 32.2. The topological polar surface area (TPSA) is 93.6 Å². The molecule has 0 aliphatic carbocycles. The molecule has 7 heteroatoms. The van der Waals surface area contributed by atoms with Crippen LogP contribution in [0.15, 0.2) is 39.4 Å². The van der Waals surface area contributed by atoms with Gasteiger partial charge in [0.05, 0.1) is 11.2 Å². The molecule has 0 saturated carbocycles. The Morgan fingerprint density at radius 2 is 2.25 bits per heavy atom. The molecule has 1 fully saturated rings. The quantitative estimate of drug-likeness (QED) is 0.853. The lowest BCUT2D eigenvalue weighted by Crippen LogP contribution is -2.36. The molecule has 0 aromatic carbocycles. The third-order valence-electron chi connectivity index (χ3n) is 2.46. The van der Waals surface area contributed by atoms with Crippen molar-refractivity contribution < 1.29 is 18.8 Å². The molecule has 0 radical (unpaired) electrons. The van der Waals surface area contributed by atoms with Gasteiger partial charge < -0.3 is 10.2 Å². The van der Waals surface area contributed by atoms with E-state index >= 15 is 0 Å². The number of allylic oxidation sites excluding steroid dienone is 2. The molecule has 3 amide bonds. The molecule has 104 valence electrons. The Labute approximate surface area is 119 Å². The van der Waals surface area contributed by atoms with E-state index in [-0.39, 0.29) is 4.91 Å². The molecular formula is C13H12N2O4S. The summed E-state index contributed by atoms with van der Waals surface area (Å²) in [6, 6.07) is 3.52. The number of amides is 3. The molecule has 0 spiro atoms. The van der Waals surface area contributed by atoms with Crippen LogP contribution in [-0.4, -0.2) is 28.5 Å². The molecule has 2 rings (SSSR count). The largest absolute Gasteiger partial charge is 0.465 e. The number of thioether (sulfide) groups is 1. The Bertz CT molecular complexity index is 616. The summed E-state index contributed by atoms with van der Waals surface area (Å²) < 4.78 is 5.15. The lowest BCUT2D eigenvalue weighted by Gasteiger charge is -2.08. The summed E-state index contributed by atoms with van der Waals surface area (Å²) in [5, 5.41) is -0.495. The predicted molar refractivity (Wildman–Crippen MR) is 74.3 cm³/mol. The van der Waals surface area contributed by atoms with E-state index in [1.807, 2.05) is 0 Å². The predicted octanol–water partition coefficient (Wildman–Crippen LogP) is 1.75. The standard InChI is InChI=1S/C13H12N2O4S/c1-8(5-9-3-2-4-19-9)6-10-12(17)15(7-11(14)16)13(18)20-10/h2-6H,7H2,1H3,(H2,14,16)/b8-5+,10-6-. The number of primary amides is 1. The summed E-state index contributed by atoms with van der Waals surface area (Å²) in [7, 11) is 0. The zero-order valence-corrected chi connectivity index (χ0v) is 11.5. The van der Waals surface area contributed by atoms with Gasteiger partial charge in [0.25, 0.3) is 11.1 Å². The van der Waals surface area contributed by atoms with Crippen LogP contribution in [0.25, 0.3) is 6.08 Å². The fourth-order valence-corrected chi connectivity index (χ4v) is 2.53. The Morgan fingerprint density at radius 1 is 1.50 bits per heavy atom. The fourth-order valence-electron chi connectivity index (χ4n) is 1.64. The van der Waals surface area contributed by atoms with Crippen LogP contribution in [0.5, 0.6) is 0 Å². The first-order valence-electron chi connectivity index (χ1n) is 5.73. The van der Waals surface area contributed by atoms with Gasteiger partial charge in [0.15, 0.2) is 0 Å². The summed E-state index contributed by atoms with van der Waals surface area (Å²) in [4.78, 5) is 35.5. The summed E-state index contributed by atoms with van der Waals surface area (Å²) >= 11 is 0.784. The lowest BCUT2D eigenvalue weighted by molar-refractivity contribution is -0.128. The van der Waals surface area contributed by atoms with Crippen molar-refractivity contribution in [2.45, 2.75) is 6.92 Å². The van der Waals surface area contributed by atoms with Gasteiger partial charge in [-0.3, -0.25) is 19.3 Å². The van der Waals surface area contributed by atoms with Crippen molar-refractivity contribution in [2.75, 3.05) is 6.54 Å². The van der Waals surface area contributed by atoms with Crippen LogP contribution in [0.3, 0.4) is 0 Å². The maximum Gasteiger partial charge on any atom is 0.294 e. The molecule has 1 aliphatic heterocycles. The van der Waals surface area contributed by atoms with Crippen LogP contribution in [0.2, 0.25) is 0 Å². The van der Waals surface area contributed by atoms with E-state index in [4.69, 9.17) is 10.2 Å². The van der Waals surface area contributed by atoms with Crippen LogP contribution in [0.1, 0.15) is 12.7 Å². The van der Waals surface area contributed by atoms with Gasteiger partial charge in [-0.05, 0) is 48.5 Å². The molecule has 1 aliphatic rings. The van der Waals surface area contributed by atoms with Crippen molar-refractivity contribution in [2.24, 2.45) is 5.73 Å². The van der Waals surface area contributed by atoms with Crippen molar-refractivity contribution in [1.82, 2.24) is 4.90 Å². The minimum Gasteiger partial charge on any atom is -0.465 e. The minimum absolute atomic E-state index is 0.261. The molecule has 20 heavy (non-hydrogen) atoms. The van der Waals surface area contributed by atoms with Crippen LogP contribution < -0.4 is 5.73 Å². The van der Waals surface area contributed by atoms with Crippen molar-refractivity contribution in [3.05, 3.63) is 40.7 Å². The average Bonchev–Trinajstić information content (AvgIpc) is 2.93. The number of nitrogens with two attached hydrogens (primary N) is 1. The molecule has 1 aromatic heterocycles. The second kappa shape index (κ2) is 5.79. The molecule has 2 N–H and O–H groups in total. The molecule has 0 bridgehead atoms. The average molecular weight is 292 g/mol. The van der Waals surface area contributed by atoms with Crippen molar-refractivity contribution in [1.29, 1.82) is 0 Å². The third kappa shape index (κ3) is 3.18. The molecule has 2 heterocycles. The van der Waals surface area contributed by atoms with Gasteiger partial charge in [-0.15, -0.1) is 0 Å². The van der Waals surface area contributed by atoms with Crippen molar-refractivity contribution in [3.63, 3.8) is 0 Å². The van der Waals surface area contributed by atoms with E-state index in [0.29, 0.717) is 5.76 Å². The smallest absolute Gasteiger partial charge is 0.294 e. The van der Waals surface area contributed by atoms with Crippen LogP contribution >= 0.6 is 11.8 Å². The van der Waals surface area contributed by atoms with Gasteiger partial charge in [-0.25, -0.2) is 0 Å². The van der Waals surface area contributed by atoms with Gasteiger partial charge in [0.2, 0.25) is 5.91 Å². The van der Waals surface area contributed by atoms with E-state index in [9.17, 15) is 14.4 Å². The number of carbonyl (C=O) groups is 3. The highest BCUT2D eigenvalue weighted by Crippen LogP contribution is 2.31. The van der Waals surface area contributed by atoms with Crippen molar-refractivity contribution in [3.8, 4) is 0 Å². The van der Waals surface area contributed by atoms with Gasteiger partial charge in [0.1, 0.15) is 12.3 Å². The van der Waals surface area contributed by atoms with Crippen LogP contribution in [0.4, 0.5) is 4.79 Å². The maximum absolute atomic E-state index is 11.9. The third-order valence-corrected chi connectivity index (χ3v) is 3.37. The highest BCUT2D eigenvalue weighted by Gasteiger charge is 2.35. The second-order valence-electron chi connectivity index (χ2n) is 4.14. The van der Waals surface area contributed by atoms with Gasteiger partial charge in [0, 0.05) is 0 Å². The normalized spacial score (nSPS) is 18.1. The Hall–Kier alpha value is -2.28. The Morgan fingerprint density at radius 3 is 2.85 bits per heavy atom. The summed E-state index contributed by atoms with van der Waals surface area (Å²) in [5.74, 6) is -0.586. The van der Waals surface area contributed by atoms with E-state index in [2.05, 4.69) is 0 Å². The molecule has 0 unspecified atom stereocenters. The SMILES string of the molecule is CC(/C=C1\SC(=O)N(CC(N)=O)C1=O)=C\c1ccco1. The maximum atomic E-state index is 11.9. The zero-order chi connectivity index (χ0) is 14.7. The molecule has 1 aromatic rings. The Balaban J connectivity index is 2.17. The summed E-state index contributed by atoms with van der Waals surface area (Å²) in [6.45, 7) is 1.38. The molecular weight excluding hydrogens is 280 g/mol. The molecule has 6 nitrogen and oxygen atoms in total. The van der Waals surface area contributed by atoms with E-state index in [1.54, 1.807) is 37.5 Å². The van der Waals surface area contributed by atoms with E-state index in [0.717, 1.165) is 22.2 Å². The van der Waals surface area contributed by atoms with E-state index in [1.165, 1.54) is 0 Å².